The quantitative estimate of drug-likeness (QED) is 0.454. The first-order chi connectivity index (χ1) is 9.74. The minimum absolute atomic E-state index is 0.265. The molecule has 0 spiro atoms. The Morgan fingerprint density at radius 2 is 2.15 bits per heavy atom. The van der Waals surface area contributed by atoms with E-state index in [9.17, 15) is 4.79 Å². The van der Waals surface area contributed by atoms with Gasteiger partial charge in [-0.05, 0) is 30.2 Å². The fourth-order valence-corrected chi connectivity index (χ4v) is 1.87. The van der Waals surface area contributed by atoms with E-state index in [0.29, 0.717) is 25.2 Å². The number of methoxy groups -OCH3 is 1. The summed E-state index contributed by atoms with van der Waals surface area (Å²) in [7, 11) is 1.37. The molecule has 0 atom stereocenters. The van der Waals surface area contributed by atoms with E-state index in [-0.39, 0.29) is 12.8 Å². The fraction of sp³-hybridized carbons (Fsp3) is 0.400. The van der Waals surface area contributed by atoms with E-state index in [1.807, 2.05) is 25.1 Å². The molecule has 5 nitrogen and oxygen atoms in total. The maximum Gasteiger partial charge on any atom is 0.333 e. The molecule has 0 radical (unpaired) electrons. The second kappa shape index (κ2) is 6.96. The lowest BCUT2D eigenvalue weighted by Crippen LogP contribution is -2.05. The Morgan fingerprint density at radius 3 is 2.90 bits per heavy atom. The van der Waals surface area contributed by atoms with Crippen LogP contribution in [0, 0.1) is 0 Å². The largest absolute Gasteiger partial charge is 0.466 e. The highest BCUT2D eigenvalue weighted by atomic mass is 16.7. The minimum Gasteiger partial charge on any atom is -0.466 e. The highest BCUT2D eigenvalue weighted by Crippen LogP contribution is 2.32. The van der Waals surface area contributed by atoms with Crippen molar-refractivity contribution in [3.63, 3.8) is 0 Å². The summed E-state index contributed by atoms with van der Waals surface area (Å²) in [6.45, 7) is 2.99. The molecular weight excluding hydrogens is 260 g/mol. The highest BCUT2D eigenvalue weighted by Gasteiger charge is 2.13. The SMILES string of the molecule is CCC(=CCOCc1ccc2c(c1)OCO2)C(=O)OC. The number of esters is 1. The van der Waals surface area contributed by atoms with Gasteiger partial charge in [0.2, 0.25) is 6.79 Å². The minimum atomic E-state index is -0.306. The van der Waals surface area contributed by atoms with Crippen LogP contribution in [0.4, 0.5) is 0 Å². The van der Waals surface area contributed by atoms with E-state index in [1.54, 1.807) is 6.08 Å². The van der Waals surface area contributed by atoms with Crippen LogP contribution in [0.1, 0.15) is 18.9 Å². The van der Waals surface area contributed by atoms with Crippen molar-refractivity contribution in [3.05, 3.63) is 35.4 Å². The van der Waals surface area contributed by atoms with Gasteiger partial charge in [-0.25, -0.2) is 4.79 Å². The van der Waals surface area contributed by atoms with Gasteiger partial charge in [-0.1, -0.05) is 13.0 Å². The number of rotatable bonds is 6. The highest BCUT2D eigenvalue weighted by molar-refractivity contribution is 5.88. The maximum absolute atomic E-state index is 11.4. The molecule has 20 heavy (non-hydrogen) atoms. The van der Waals surface area contributed by atoms with Gasteiger partial charge in [-0.15, -0.1) is 0 Å². The molecule has 0 amide bonds. The summed E-state index contributed by atoms with van der Waals surface area (Å²) in [5, 5.41) is 0. The first-order valence-corrected chi connectivity index (χ1v) is 6.48. The fourth-order valence-electron chi connectivity index (χ4n) is 1.87. The average molecular weight is 278 g/mol. The molecule has 1 aromatic carbocycles. The molecule has 0 saturated carbocycles. The zero-order valence-electron chi connectivity index (χ0n) is 11.7. The molecule has 0 aliphatic carbocycles. The van der Waals surface area contributed by atoms with Gasteiger partial charge < -0.3 is 18.9 Å². The lowest BCUT2D eigenvalue weighted by molar-refractivity contribution is -0.136. The molecule has 1 aromatic rings. The molecule has 0 saturated heterocycles. The van der Waals surface area contributed by atoms with Crippen molar-refractivity contribution in [3.8, 4) is 11.5 Å². The first kappa shape index (κ1) is 14.4. The molecule has 0 fully saturated rings. The summed E-state index contributed by atoms with van der Waals surface area (Å²) in [6.07, 6.45) is 2.37. The van der Waals surface area contributed by atoms with Gasteiger partial charge >= 0.3 is 5.97 Å². The van der Waals surface area contributed by atoms with Gasteiger partial charge in [0, 0.05) is 5.57 Å². The van der Waals surface area contributed by atoms with Gasteiger partial charge in [0.25, 0.3) is 0 Å². The van der Waals surface area contributed by atoms with Crippen LogP contribution in [0.3, 0.4) is 0 Å². The number of benzene rings is 1. The van der Waals surface area contributed by atoms with Crippen LogP contribution in [0.5, 0.6) is 11.5 Å². The second-order valence-corrected chi connectivity index (χ2v) is 4.28. The molecule has 2 rings (SSSR count). The molecule has 1 aliphatic rings. The number of hydrogen-bond acceptors (Lipinski definition) is 5. The zero-order valence-corrected chi connectivity index (χ0v) is 11.7. The molecule has 0 bridgehead atoms. The van der Waals surface area contributed by atoms with E-state index in [1.165, 1.54) is 7.11 Å². The third-order valence-corrected chi connectivity index (χ3v) is 2.98. The monoisotopic (exact) mass is 278 g/mol. The van der Waals surface area contributed by atoms with Crippen LogP contribution < -0.4 is 9.47 Å². The third-order valence-electron chi connectivity index (χ3n) is 2.98. The number of carbonyl (C=O) groups is 1. The molecule has 0 unspecified atom stereocenters. The molecule has 108 valence electrons. The van der Waals surface area contributed by atoms with Crippen molar-refractivity contribution in [1.29, 1.82) is 0 Å². The Morgan fingerprint density at radius 1 is 1.35 bits per heavy atom. The van der Waals surface area contributed by atoms with E-state index in [2.05, 4.69) is 4.74 Å². The second-order valence-electron chi connectivity index (χ2n) is 4.28. The lowest BCUT2D eigenvalue weighted by Gasteiger charge is -2.05. The summed E-state index contributed by atoms with van der Waals surface area (Å²) in [5.74, 6) is 1.19. The topological polar surface area (TPSA) is 54.0 Å². The predicted octanol–water partition coefficient (Wildman–Crippen LogP) is 2.44. The summed E-state index contributed by atoms with van der Waals surface area (Å²) in [5.41, 5.74) is 1.62. The Bertz CT molecular complexity index is 507. The molecule has 5 heteroatoms. The van der Waals surface area contributed by atoms with Crippen LogP contribution in [0.25, 0.3) is 0 Å². The Labute approximate surface area is 118 Å². The summed E-state index contributed by atoms with van der Waals surface area (Å²) >= 11 is 0. The Balaban J connectivity index is 1.84. The van der Waals surface area contributed by atoms with Gasteiger partial charge in [0.15, 0.2) is 11.5 Å². The number of hydrogen-bond donors (Lipinski definition) is 0. The third kappa shape index (κ3) is 3.51. The summed E-state index contributed by atoms with van der Waals surface area (Å²) in [6, 6.07) is 5.69. The van der Waals surface area contributed by atoms with Crippen molar-refractivity contribution >= 4 is 5.97 Å². The maximum atomic E-state index is 11.4. The van der Waals surface area contributed by atoms with Gasteiger partial charge in [-0.3, -0.25) is 0 Å². The predicted molar refractivity (Wildman–Crippen MR) is 72.6 cm³/mol. The van der Waals surface area contributed by atoms with Gasteiger partial charge in [-0.2, -0.15) is 0 Å². The van der Waals surface area contributed by atoms with Crippen molar-refractivity contribution < 1.29 is 23.7 Å². The normalized spacial score (nSPS) is 13.4. The van der Waals surface area contributed by atoms with Gasteiger partial charge in [0.1, 0.15) is 0 Å². The van der Waals surface area contributed by atoms with Crippen molar-refractivity contribution in [1.82, 2.24) is 0 Å². The smallest absolute Gasteiger partial charge is 0.333 e. The van der Waals surface area contributed by atoms with Crippen LogP contribution in [-0.2, 0) is 20.9 Å². The van der Waals surface area contributed by atoms with E-state index < -0.39 is 0 Å². The first-order valence-electron chi connectivity index (χ1n) is 6.48. The average Bonchev–Trinajstić information content (AvgIpc) is 2.94. The lowest BCUT2D eigenvalue weighted by atomic mass is 10.2. The van der Waals surface area contributed by atoms with E-state index in [0.717, 1.165) is 17.1 Å². The molecule has 1 aliphatic heterocycles. The van der Waals surface area contributed by atoms with Crippen molar-refractivity contribution in [2.24, 2.45) is 0 Å². The van der Waals surface area contributed by atoms with Crippen molar-refractivity contribution in [2.45, 2.75) is 20.0 Å². The van der Waals surface area contributed by atoms with Crippen LogP contribution in [0.2, 0.25) is 0 Å². The van der Waals surface area contributed by atoms with Crippen LogP contribution >= 0.6 is 0 Å². The molecule has 0 N–H and O–H groups in total. The molecular formula is C15H18O5. The number of ether oxygens (including phenoxy) is 4. The Hall–Kier alpha value is -2.01. The van der Waals surface area contributed by atoms with Crippen LogP contribution in [-0.4, -0.2) is 26.5 Å². The van der Waals surface area contributed by atoms with Crippen LogP contribution in [0.15, 0.2) is 29.8 Å². The zero-order chi connectivity index (χ0) is 14.4. The van der Waals surface area contributed by atoms with Gasteiger partial charge in [0.05, 0.1) is 20.3 Å². The molecule has 0 aromatic heterocycles. The van der Waals surface area contributed by atoms with E-state index in [4.69, 9.17) is 14.2 Å². The standard InChI is InChI=1S/C15H18O5/c1-3-12(15(16)17-2)6-7-18-9-11-4-5-13-14(8-11)20-10-19-13/h4-6,8H,3,7,9-10H2,1-2H3. The van der Waals surface area contributed by atoms with E-state index >= 15 is 0 Å². The summed E-state index contributed by atoms with van der Waals surface area (Å²) in [4.78, 5) is 11.4. The summed E-state index contributed by atoms with van der Waals surface area (Å²) < 4.78 is 20.7. The van der Waals surface area contributed by atoms with Crippen molar-refractivity contribution in [2.75, 3.05) is 20.5 Å². The Kier molecular flexibility index (Phi) is 5.01. The number of fused-ring (bicyclic) bond motifs is 1. The molecule has 1 heterocycles. The number of carbonyl (C=O) groups excluding carboxylic acids is 1.